The molecule has 3 fully saturated rings. The number of nitrogens with zero attached hydrogens (tertiary/aromatic N) is 2. The van der Waals surface area contributed by atoms with E-state index < -0.39 is 130 Å². The number of alkyl carbamates (subject to hydrolysis) is 1. The van der Waals surface area contributed by atoms with Crippen LogP contribution < -0.4 is 10.1 Å². The Hall–Kier alpha value is -6.19. The van der Waals surface area contributed by atoms with Crippen LogP contribution in [-0.2, 0) is 49.5 Å². The summed E-state index contributed by atoms with van der Waals surface area (Å²) in [6, 6.07) is 4.34. The highest BCUT2D eigenvalue weighted by molar-refractivity contribution is 6.01. The number of hydrogen-bond acceptors (Lipinski definition) is 17. The van der Waals surface area contributed by atoms with Crippen LogP contribution >= 0.6 is 0 Å². The van der Waals surface area contributed by atoms with Crippen molar-refractivity contribution >= 4 is 35.8 Å². The number of alkyl halides is 1. The van der Waals surface area contributed by atoms with Gasteiger partial charge >= 0.3 is 24.2 Å². The molecule has 0 bridgehead atoms. The Morgan fingerprint density at radius 2 is 1.61 bits per heavy atom. The second-order valence-corrected chi connectivity index (χ2v) is 19.0. The van der Waals surface area contributed by atoms with E-state index in [-0.39, 0.29) is 56.9 Å². The van der Waals surface area contributed by atoms with Crippen LogP contribution in [0.2, 0.25) is 0 Å². The summed E-state index contributed by atoms with van der Waals surface area (Å²) in [4.78, 5) is 110. The molecule has 67 heavy (non-hydrogen) atoms. The number of carboxylic acids is 1. The van der Waals surface area contributed by atoms with Gasteiger partial charge in [0.1, 0.15) is 17.4 Å². The smallest absolute Gasteiger partial charge is 0.481 e. The van der Waals surface area contributed by atoms with Crippen molar-refractivity contribution in [2.75, 3.05) is 26.4 Å². The summed E-state index contributed by atoms with van der Waals surface area (Å²) in [5.74, 6) is -7.76. The number of Topliss-reactive ketones (excluding diaryl/α,β-unsaturated/α-hetero) is 1. The maximum absolute atomic E-state index is 18.0. The molecule has 3 saturated carbocycles. The molecule has 0 spiro atoms. The molecule has 0 heterocycles. The van der Waals surface area contributed by atoms with Gasteiger partial charge in [0.2, 0.25) is 0 Å². The molecule has 10 atom stereocenters. The van der Waals surface area contributed by atoms with Gasteiger partial charge in [-0.05, 0) is 120 Å². The molecule has 5 rings (SSSR count). The molecule has 1 amide bonds. The first kappa shape index (κ1) is 51.8. The first-order chi connectivity index (χ1) is 31.3. The van der Waals surface area contributed by atoms with Crippen molar-refractivity contribution in [3.05, 3.63) is 73.9 Å². The number of amides is 1. The Balaban J connectivity index is 1.33. The summed E-state index contributed by atoms with van der Waals surface area (Å²) in [7, 11) is 0. The lowest BCUT2D eigenvalue weighted by Gasteiger charge is -2.63. The molecule has 0 radical (unpaired) electrons. The van der Waals surface area contributed by atoms with Crippen LogP contribution in [0.5, 0.6) is 5.75 Å². The number of carbonyl (C=O) groups excluding carboxylic acids is 5. The molecular weight excluding hydrogens is 889 g/mol. The van der Waals surface area contributed by atoms with Crippen LogP contribution in [0.4, 0.5) is 14.0 Å². The van der Waals surface area contributed by atoms with Crippen molar-refractivity contribution in [1.82, 2.24) is 5.32 Å². The van der Waals surface area contributed by atoms with E-state index in [0.29, 0.717) is 17.6 Å². The molecule has 3 N–H and O–H groups in total. The number of ketones is 2. The SMILES string of the molecule is C[C@H]1CC2C3CCC4=CC(=O)C=C[C@]4(C)[C@@]3(F)[C@@H](O)C[C@]2(C)[C@]1(C(=O)COC(=O)Oc1ccc(C[C@H](NC(=O)OC(C)(C)C)C(=O)OCCCCO[N+](=O)[O-])cc1)C(CCO[N+](=O)[O-])C(=O)O. The molecule has 21 nitrogen and oxygen atoms in total. The van der Waals surface area contributed by atoms with Crippen molar-refractivity contribution in [2.45, 2.75) is 116 Å². The fraction of sp³-hybridized carbons (Fsp3) is 0.644. The van der Waals surface area contributed by atoms with Gasteiger partial charge in [-0.2, -0.15) is 0 Å². The van der Waals surface area contributed by atoms with Gasteiger partial charge in [0, 0.05) is 17.8 Å². The van der Waals surface area contributed by atoms with Gasteiger partial charge in [0.15, 0.2) is 23.8 Å². The number of unbranched alkanes of at least 4 members (excludes halogenated alkanes) is 1. The molecule has 1 aromatic carbocycles. The lowest BCUT2D eigenvalue weighted by atomic mass is 9.41. The number of aliphatic hydroxyl groups excluding tert-OH is 1. The summed E-state index contributed by atoms with van der Waals surface area (Å²) >= 11 is 0. The summed E-state index contributed by atoms with van der Waals surface area (Å²) in [6.45, 7) is 7.67. The summed E-state index contributed by atoms with van der Waals surface area (Å²) in [6.07, 6.45) is 0.0469. The van der Waals surface area contributed by atoms with Gasteiger partial charge in [-0.3, -0.25) is 14.4 Å². The number of esters is 1. The minimum Gasteiger partial charge on any atom is -0.481 e. The summed E-state index contributed by atoms with van der Waals surface area (Å²) < 4.78 is 39.2. The first-order valence-electron chi connectivity index (χ1n) is 22.0. The number of ether oxygens (including phenoxy) is 4. The summed E-state index contributed by atoms with van der Waals surface area (Å²) in [5, 5.41) is 44.7. The van der Waals surface area contributed by atoms with Crippen LogP contribution in [0.25, 0.3) is 0 Å². The predicted octanol–water partition coefficient (Wildman–Crippen LogP) is 5.64. The number of allylic oxidation sites excluding steroid dienone is 4. The van der Waals surface area contributed by atoms with E-state index in [0.717, 1.165) is 0 Å². The van der Waals surface area contributed by atoms with Crippen molar-refractivity contribution < 1.29 is 82.2 Å². The predicted molar refractivity (Wildman–Crippen MR) is 227 cm³/mol. The quantitative estimate of drug-likeness (QED) is 0.0356. The molecule has 0 aromatic heterocycles. The zero-order chi connectivity index (χ0) is 49.7. The second kappa shape index (κ2) is 20.4. The first-order valence-corrected chi connectivity index (χ1v) is 22.0. The highest BCUT2D eigenvalue weighted by Crippen LogP contribution is 2.75. The van der Waals surface area contributed by atoms with Gasteiger partial charge in [0.05, 0.1) is 37.3 Å². The van der Waals surface area contributed by atoms with Crippen LogP contribution in [0.1, 0.15) is 92.1 Å². The number of hydrogen-bond donors (Lipinski definition) is 3. The van der Waals surface area contributed by atoms with Gasteiger partial charge in [0.25, 0.3) is 10.2 Å². The largest absolute Gasteiger partial charge is 0.514 e. The van der Waals surface area contributed by atoms with E-state index in [2.05, 4.69) is 15.0 Å². The Morgan fingerprint density at radius 1 is 0.970 bits per heavy atom. The monoisotopic (exact) mass is 947 g/mol. The number of carboxylic acid groups (broad SMARTS) is 1. The number of aliphatic hydroxyl groups is 1. The molecule has 4 aliphatic carbocycles. The maximum Gasteiger partial charge on any atom is 0.514 e. The zero-order valence-electron chi connectivity index (χ0n) is 38.2. The van der Waals surface area contributed by atoms with Crippen LogP contribution in [0.15, 0.2) is 48.1 Å². The third-order valence-corrected chi connectivity index (χ3v) is 14.1. The molecule has 0 aliphatic heterocycles. The van der Waals surface area contributed by atoms with E-state index in [1.807, 2.05) is 0 Å². The fourth-order valence-corrected chi connectivity index (χ4v) is 11.5. The Kier molecular flexibility index (Phi) is 15.7. The van der Waals surface area contributed by atoms with Crippen molar-refractivity contribution in [2.24, 2.45) is 39.9 Å². The standard InChI is InChI=1S/C45H58FN3O18/c1-26-21-33-31-14-11-28-23-29(50)15-17-42(28,5)45(31,46)35(51)24-43(33,6)44(26,32(37(53)54)16-20-65-49(60)61)36(52)25-63-40(57)66-30-12-9-27(10-13-30)22-34(47-39(56)67-41(2,3)4)38(55)62-18-7-8-19-64-48(58)59/h9-10,12-13,15,17,23,26,31-35,51H,7-8,11,14,16,18-22,24-25H2,1-6H3,(H,47,56)(H,53,54)/t26-,31?,32?,33?,34-,35-,42-,43-,44-,45-/m0/s1. The lowest BCUT2D eigenvalue weighted by Crippen LogP contribution is -2.69. The average Bonchev–Trinajstić information content (AvgIpc) is 3.45. The zero-order valence-corrected chi connectivity index (χ0v) is 38.2. The topological polar surface area (TPSA) is 297 Å². The molecule has 368 valence electrons. The number of benzene rings is 1. The van der Waals surface area contributed by atoms with Gasteiger partial charge < -0.3 is 44.2 Å². The minimum atomic E-state index is -2.32. The average molecular weight is 948 g/mol. The third kappa shape index (κ3) is 10.7. The molecule has 0 saturated heterocycles. The maximum atomic E-state index is 18.0. The molecular formula is C45H58FN3O18. The summed E-state index contributed by atoms with van der Waals surface area (Å²) in [5.41, 5.74) is -7.08. The number of fused-ring (bicyclic) bond motifs is 5. The van der Waals surface area contributed by atoms with E-state index in [9.17, 15) is 59.2 Å². The minimum absolute atomic E-state index is 0.0824. The van der Waals surface area contributed by atoms with Gasteiger partial charge in [-0.1, -0.05) is 37.6 Å². The van der Waals surface area contributed by atoms with E-state index >= 15 is 4.39 Å². The number of nitrogens with one attached hydrogen (secondary N) is 1. The number of halogens is 1. The van der Waals surface area contributed by atoms with Gasteiger partial charge in [-0.15, -0.1) is 20.2 Å². The Morgan fingerprint density at radius 3 is 2.24 bits per heavy atom. The number of rotatable bonds is 20. The van der Waals surface area contributed by atoms with Crippen molar-refractivity contribution in [3.8, 4) is 5.75 Å². The second-order valence-electron chi connectivity index (χ2n) is 19.0. The molecule has 3 unspecified atom stereocenters. The fourth-order valence-electron chi connectivity index (χ4n) is 11.5. The van der Waals surface area contributed by atoms with Crippen LogP contribution in [0.3, 0.4) is 0 Å². The van der Waals surface area contributed by atoms with Crippen molar-refractivity contribution in [3.63, 3.8) is 0 Å². The highest BCUT2D eigenvalue weighted by Gasteiger charge is 2.77. The normalized spacial score (nSPS) is 29.3. The van der Waals surface area contributed by atoms with Crippen LogP contribution in [0, 0.1) is 60.1 Å². The number of carbonyl (C=O) groups is 6. The van der Waals surface area contributed by atoms with Gasteiger partial charge in [-0.25, -0.2) is 18.8 Å². The Bertz CT molecular complexity index is 2160. The molecule has 22 heteroatoms. The van der Waals surface area contributed by atoms with Crippen LogP contribution in [-0.4, -0.2) is 106 Å². The third-order valence-electron chi connectivity index (χ3n) is 14.1. The van der Waals surface area contributed by atoms with E-state index in [1.54, 1.807) is 41.5 Å². The highest BCUT2D eigenvalue weighted by atomic mass is 19.1. The number of aliphatic carboxylic acids is 1. The molecule has 4 aliphatic rings. The molecule has 1 aromatic rings. The van der Waals surface area contributed by atoms with Crippen molar-refractivity contribution in [1.29, 1.82) is 0 Å². The lowest BCUT2D eigenvalue weighted by molar-refractivity contribution is -0.758. The van der Waals surface area contributed by atoms with E-state index in [4.69, 9.17) is 18.9 Å². The van der Waals surface area contributed by atoms with E-state index in [1.165, 1.54) is 42.5 Å². The Labute approximate surface area is 384 Å².